The van der Waals surface area contributed by atoms with Gasteiger partial charge in [-0.25, -0.2) is 0 Å². The van der Waals surface area contributed by atoms with E-state index < -0.39 is 0 Å². The van der Waals surface area contributed by atoms with Crippen LogP contribution in [-0.4, -0.2) is 44.0 Å². The van der Waals surface area contributed by atoms with Crippen LogP contribution in [0.2, 0.25) is 0 Å². The molecule has 2 amide bonds. The first-order chi connectivity index (χ1) is 13.8. The quantitative estimate of drug-likeness (QED) is 0.643. The highest BCUT2D eigenvalue weighted by Crippen LogP contribution is 2.28. The minimum Gasteiger partial charge on any atom is -0.493 e. The fourth-order valence-corrected chi connectivity index (χ4v) is 2.81. The maximum Gasteiger partial charge on any atom is 0.254 e. The molecular formula is C23H30N2O4. The summed E-state index contributed by atoms with van der Waals surface area (Å²) < 4.78 is 11.1. The number of ether oxygens (including phenoxy) is 2. The molecule has 0 aromatic heterocycles. The molecular weight excluding hydrogens is 368 g/mol. The maximum absolute atomic E-state index is 12.7. The SMILES string of the molecule is CCCCOc1ccc(C(=O)N(C)CC(=O)Nc2cc(C)ccc2C)cc1OC. The van der Waals surface area contributed by atoms with Crippen LogP contribution >= 0.6 is 0 Å². The largest absolute Gasteiger partial charge is 0.493 e. The number of likely N-dealkylation sites (N-methyl/N-ethyl adjacent to an activating group) is 1. The smallest absolute Gasteiger partial charge is 0.254 e. The Kier molecular flexibility index (Phi) is 8.07. The maximum atomic E-state index is 12.7. The van der Waals surface area contributed by atoms with E-state index in [1.807, 2.05) is 32.0 Å². The van der Waals surface area contributed by atoms with Crippen LogP contribution in [0.25, 0.3) is 0 Å². The van der Waals surface area contributed by atoms with E-state index in [4.69, 9.17) is 9.47 Å². The van der Waals surface area contributed by atoms with Crippen molar-refractivity contribution in [1.29, 1.82) is 0 Å². The van der Waals surface area contributed by atoms with E-state index in [0.717, 1.165) is 29.7 Å². The van der Waals surface area contributed by atoms with Gasteiger partial charge in [-0.15, -0.1) is 0 Å². The molecule has 0 aliphatic heterocycles. The zero-order valence-electron chi connectivity index (χ0n) is 17.9. The summed E-state index contributed by atoms with van der Waals surface area (Å²) in [6.45, 7) is 6.53. The molecule has 0 atom stereocenters. The van der Waals surface area contributed by atoms with Crippen molar-refractivity contribution in [2.75, 3.05) is 32.6 Å². The van der Waals surface area contributed by atoms with E-state index in [1.54, 1.807) is 25.2 Å². The number of amides is 2. The summed E-state index contributed by atoms with van der Waals surface area (Å²) in [6.07, 6.45) is 1.98. The fourth-order valence-electron chi connectivity index (χ4n) is 2.81. The molecule has 2 aromatic carbocycles. The molecule has 0 fully saturated rings. The number of unbranched alkanes of at least 4 members (excludes halogenated alkanes) is 1. The van der Waals surface area contributed by atoms with E-state index >= 15 is 0 Å². The van der Waals surface area contributed by atoms with Crippen molar-refractivity contribution in [3.8, 4) is 11.5 Å². The summed E-state index contributed by atoms with van der Waals surface area (Å²) in [6, 6.07) is 10.9. The molecule has 29 heavy (non-hydrogen) atoms. The predicted molar refractivity (Wildman–Crippen MR) is 115 cm³/mol. The number of anilines is 1. The minimum atomic E-state index is -0.264. The van der Waals surface area contributed by atoms with Crippen molar-refractivity contribution in [1.82, 2.24) is 4.90 Å². The molecule has 0 spiro atoms. The molecule has 156 valence electrons. The number of rotatable bonds is 9. The van der Waals surface area contributed by atoms with Crippen LogP contribution in [0.15, 0.2) is 36.4 Å². The molecule has 0 aliphatic rings. The standard InChI is InChI=1S/C23H30N2O4/c1-6-7-12-29-20-11-10-18(14-21(20)28-5)23(27)25(4)15-22(26)24-19-13-16(2)8-9-17(19)3/h8-11,13-14H,6-7,12,15H2,1-5H3,(H,24,26). The average molecular weight is 399 g/mol. The molecule has 0 radical (unpaired) electrons. The lowest BCUT2D eigenvalue weighted by Gasteiger charge is -2.18. The van der Waals surface area contributed by atoms with Gasteiger partial charge in [0.1, 0.15) is 0 Å². The Morgan fingerprint density at radius 2 is 1.83 bits per heavy atom. The summed E-state index contributed by atoms with van der Waals surface area (Å²) >= 11 is 0. The lowest BCUT2D eigenvalue weighted by Crippen LogP contribution is -2.35. The molecule has 2 rings (SSSR count). The molecule has 2 aromatic rings. The topological polar surface area (TPSA) is 67.9 Å². The average Bonchev–Trinajstić information content (AvgIpc) is 2.70. The van der Waals surface area contributed by atoms with Gasteiger partial charge in [-0.2, -0.15) is 0 Å². The lowest BCUT2D eigenvalue weighted by molar-refractivity contribution is -0.116. The zero-order valence-corrected chi connectivity index (χ0v) is 17.9. The van der Waals surface area contributed by atoms with Crippen molar-refractivity contribution in [2.45, 2.75) is 33.6 Å². The van der Waals surface area contributed by atoms with Crippen molar-refractivity contribution in [2.24, 2.45) is 0 Å². The Bertz CT molecular complexity index is 864. The highest BCUT2D eigenvalue weighted by atomic mass is 16.5. The number of carbonyl (C=O) groups is 2. The van der Waals surface area contributed by atoms with Crippen molar-refractivity contribution in [3.05, 3.63) is 53.1 Å². The van der Waals surface area contributed by atoms with Gasteiger partial charge < -0.3 is 19.7 Å². The molecule has 1 N–H and O–H groups in total. The third-order valence-electron chi connectivity index (χ3n) is 4.56. The third kappa shape index (κ3) is 6.24. The van der Waals surface area contributed by atoms with Crippen LogP contribution in [-0.2, 0) is 4.79 Å². The second kappa shape index (κ2) is 10.5. The van der Waals surface area contributed by atoms with Gasteiger partial charge in [-0.05, 0) is 55.7 Å². The first-order valence-electron chi connectivity index (χ1n) is 9.79. The van der Waals surface area contributed by atoms with Crippen LogP contribution in [0.5, 0.6) is 11.5 Å². The molecule has 0 saturated carbocycles. The first-order valence-corrected chi connectivity index (χ1v) is 9.79. The minimum absolute atomic E-state index is 0.0523. The monoisotopic (exact) mass is 398 g/mol. The lowest BCUT2D eigenvalue weighted by atomic mass is 10.1. The summed E-state index contributed by atoms with van der Waals surface area (Å²) in [7, 11) is 3.14. The second-order valence-electron chi connectivity index (χ2n) is 7.10. The molecule has 6 heteroatoms. The molecule has 0 saturated heterocycles. The number of carbonyl (C=O) groups excluding carboxylic acids is 2. The fraction of sp³-hybridized carbons (Fsp3) is 0.391. The molecule has 0 bridgehead atoms. The van der Waals surface area contributed by atoms with Crippen molar-refractivity contribution in [3.63, 3.8) is 0 Å². The van der Waals surface area contributed by atoms with Crippen LogP contribution in [0, 0.1) is 13.8 Å². The summed E-state index contributed by atoms with van der Waals surface area (Å²) in [5.41, 5.74) is 3.22. The normalized spacial score (nSPS) is 10.4. The Balaban J connectivity index is 2.03. The van der Waals surface area contributed by atoms with Gasteiger partial charge in [-0.1, -0.05) is 25.5 Å². The van der Waals surface area contributed by atoms with Crippen LogP contribution in [0.4, 0.5) is 5.69 Å². The van der Waals surface area contributed by atoms with E-state index in [0.29, 0.717) is 23.7 Å². The summed E-state index contributed by atoms with van der Waals surface area (Å²) in [5.74, 6) is 0.591. The molecule has 0 heterocycles. The Hall–Kier alpha value is -3.02. The van der Waals surface area contributed by atoms with E-state index in [2.05, 4.69) is 12.2 Å². The Labute approximate surface area is 172 Å². The summed E-state index contributed by atoms with van der Waals surface area (Å²) in [5, 5.41) is 2.87. The molecule has 0 unspecified atom stereocenters. The van der Waals surface area contributed by atoms with Gasteiger partial charge in [0.15, 0.2) is 11.5 Å². The van der Waals surface area contributed by atoms with Gasteiger partial charge in [0.25, 0.3) is 5.91 Å². The number of nitrogens with one attached hydrogen (secondary N) is 1. The highest BCUT2D eigenvalue weighted by Gasteiger charge is 2.18. The summed E-state index contributed by atoms with van der Waals surface area (Å²) in [4.78, 5) is 26.5. The van der Waals surface area contributed by atoms with Crippen LogP contribution in [0.1, 0.15) is 41.3 Å². The van der Waals surface area contributed by atoms with E-state index in [9.17, 15) is 9.59 Å². The first kappa shape index (κ1) is 22.3. The van der Waals surface area contributed by atoms with Gasteiger partial charge in [0, 0.05) is 18.3 Å². The van der Waals surface area contributed by atoms with E-state index in [-0.39, 0.29) is 18.4 Å². The molecule has 6 nitrogen and oxygen atoms in total. The van der Waals surface area contributed by atoms with Crippen molar-refractivity contribution < 1.29 is 19.1 Å². The van der Waals surface area contributed by atoms with Gasteiger partial charge in [0.05, 0.1) is 20.3 Å². The van der Waals surface area contributed by atoms with Crippen LogP contribution in [0.3, 0.4) is 0 Å². The van der Waals surface area contributed by atoms with Crippen LogP contribution < -0.4 is 14.8 Å². The number of nitrogens with zero attached hydrogens (tertiary/aromatic N) is 1. The van der Waals surface area contributed by atoms with Gasteiger partial charge in [-0.3, -0.25) is 9.59 Å². The highest BCUT2D eigenvalue weighted by molar-refractivity contribution is 5.99. The number of benzene rings is 2. The van der Waals surface area contributed by atoms with Crippen molar-refractivity contribution >= 4 is 17.5 Å². The third-order valence-corrected chi connectivity index (χ3v) is 4.56. The molecule has 0 aliphatic carbocycles. The van der Waals surface area contributed by atoms with E-state index in [1.165, 1.54) is 12.0 Å². The van der Waals surface area contributed by atoms with Gasteiger partial charge >= 0.3 is 0 Å². The Morgan fingerprint density at radius 3 is 2.52 bits per heavy atom. The predicted octanol–water partition coefficient (Wildman–Crippen LogP) is 4.20. The second-order valence-corrected chi connectivity index (χ2v) is 7.10. The zero-order chi connectivity index (χ0) is 21.4. The number of methoxy groups -OCH3 is 1. The number of hydrogen-bond acceptors (Lipinski definition) is 4. The number of hydrogen-bond donors (Lipinski definition) is 1. The Morgan fingerprint density at radius 1 is 1.07 bits per heavy atom. The van der Waals surface area contributed by atoms with Gasteiger partial charge in [0.2, 0.25) is 5.91 Å². The number of aryl methyl sites for hydroxylation is 2.